The van der Waals surface area contributed by atoms with E-state index in [2.05, 4.69) is 9.97 Å². The van der Waals surface area contributed by atoms with Gasteiger partial charge in [-0.05, 0) is 11.6 Å². The van der Waals surface area contributed by atoms with Gasteiger partial charge >= 0.3 is 6.01 Å². The van der Waals surface area contributed by atoms with E-state index in [-0.39, 0.29) is 6.01 Å². The molecule has 2 aromatic heterocycles. The van der Waals surface area contributed by atoms with Crippen LogP contribution in [0.1, 0.15) is 11.3 Å². The standard InChI is InChI=1S/C17H15N3O3/c1-13-7-8-15(11-20(13)21)23-17-18-10-9-16(19-17)22-12-14-5-3-2-4-6-14/h2-11H,12H2,1H3. The fourth-order valence-corrected chi connectivity index (χ4v) is 1.89. The number of rotatable bonds is 5. The van der Waals surface area contributed by atoms with Crippen LogP contribution in [0.3, 0.4) is 0 Å². The Hall–Kier alpha value is -3.15. The Morgan fingerprint density at radius 2 is 1.91 bits per heavy atom. The Balaban J connectivity index is 1.68. The molecule has 0 radical (unpaired) electrons. The third kappa shape index (κ3) is 3.94. The lowest BCUT2D eigenvalue weighted by atomic mass is 10.2. The molecule has 3 rings (SSSR count). The molecule has 0 saturated heterocycles. The molecule has 2 heterocycles. The van der Waals surface area contributed by atoms with Crippen LogP contribution in [-0.2, 0) is 6.61 Å². The third-order valence-corrected chi connectivity index (χ3v) is 3.13. The van der Waals surface area contributed by atoms with Crippen LogP contribution in [0, 0.1) is 12.1 Å². The summed E-state index contributed by atoms with van der Waals surface area (Å²) in [6, 6.07) is 14.9. The zero-order chi connectivity index (χ0) is 16.1. The molecule has 6 nitrogen and oxygen atoms in total. The van der Waals surface area contributed by atoms with Gasteiger partial charge in [0, 0.05) is 25.3 Å². The lowest BCUT2D eigenvalue weighted by molar-refractivity contribution is -0.612. The Bertz CT molecular complexity index is 794. The van der Waals surface area contributed by atoms with Gasteiger partial charge in [0.05, 0.1) is 0 Å². The van der Waals surface area contributed by atoms with E-state index < -0.39 is 0 Å². The molecule has 0 unspecified atom stereocenters. The van der Waals surface area contributed by atoms with Gasteiger partial charge in [-0.2, -0.15) is 9.71 Å². The molecule has 0 N–H and O–H groups in total. The molecular weight excluding hydrogens is 294 g/mol. The van der Waals surface area contributed by atoms with Crippen LogP contribution in [-0.4, -0.2) is 9.97 Å². The first-order valence-corrected chi connectivity index (χ1v) is 7.08. The molecular formula is C17H15N3O3. The van der Waals surface area contributed by atoms with Gasteiger partial charge in [0.15, 0.2) is 11.4 Å². The van der Waals surface area contributed by atoms with Crippen LogP contribution in [0.4, 0.5) is 0 Å². The summed E-state index contributed by atoms with van der Waals surface area (Å²) < 4.78 is 11.8. The second kappa shape index (κ2) is 6.74. The molecule has 0 fully saturated rings. The fourth-order valence-electron chi connectivity index (χ4n) is 1.89. The highest BCUT2D eigenvalue weighted by molar-refractivity contribution is 5.21. The van der Waals surface area contributed by atoms with Gasteiger partial charge in [-0.3, -0.25) is 0 Å². The zero-order valence-electron chi connectivity index (χ0n) is 12.5. The van der Waals surface area contributed by atoms with Crippen molar-refractivity contribution in [1.29, 1.82) is 0 Å². The quantitative estimate of drug-likeness (QED) is 0.535. The van der Waals surface area contributed by atoms with E-state index in [1.165, 1.54) is 6.20 Å². The summed E-state index contributed by atoms with van der Waals surface area (Å²) in [4.78, 5) is 8.19. The van der Waals surface area contributed by atoms with Crippen molar-refractivity contribution in [1.82, 2.24) is 9.97 Å². The highest BCUT2D eigenvalue weighted by Gasteiger charge is 2.07. The average molecular weight is 309 g/mol. The van der Waals surface area contributed by atoms with E-state index in [0.29, 0.717) is 23.9 Å². The summed E-state index contributed by atoms with van der Waals surface area (Å²) in [6.07, 6.45) is 2.87. The molecule has 6 heteroatoms. The van der Waals surface area contributed by atoms with Gasteiger partial charge in [-0.1, -0.05) is 30.3 Å². The minimum Gasteiger partial charge on any atom is -0.618 e. The molecule has 0 saturated carbocycles. The van der Waals surface area contributed by atoms with E-state index >= 15 is 0 Å². The summed E-state index contributed by atoms with van der Waals surface area (Å²) in [7, 11) is 0. The van der Waals surface area contributed by atoms with Gasteiger partial charge < -0.3 is 14.7 Å². The number of aryl methyl sites for hydroxylation is 1. The predicted octanol–water partition coefficient (Wildman–Crippen LogP) is 2.79. The van der Waals surface area contributed by atoms with Crippen molar-refractivity contribution in [2.24, 2.45) is 0 Å². The molecule has 0 bridgehead atoms. The van der Waals surface area contributed by atoms with Crippen molar-refractivity contribution in [2.45, 2.75) is 13.5 Å². The smallest absolute Gasteiger partial charge is 0.325 e. The molecule has 0 spiro atoms. The van der Waals surface area contributed by atoms with Crippen molar-refractivity contribution in [3.63, 3.8) is 0 Å². The van der Waals surface area contributed by atoms with Crippen molar-refractivity contribution in [2.75, 3.05) is 0 Å². The SMILES string of the molecule is Cc1ccc(Oc2nccc(OCc3ccccc3)n2)c[n+]1[O-]. The molecule has 0 aliphatic carbocycles. The first kappa shape index (κ1) is 14.8. The molecule has 1 aromatic carbocycles. The summed E-state index contributed by atoms with van der Waals surface area (Å²) in [5.41, 5.74) is 1.62. The number of hydrogen-bond donors (Lipinski definition) is 0. The Kier molecular flexibility index (Phi) is 4.33. The second-order valence-corrected chi connectivity index (χ2v) is 4.89. The van der Waals surface area contributed by atoms with Gasteiger partial charge in [0.1, 0.15) is 6.61 Å². The normalized spacial score (nSPS) is 10.3. The lowest BCUT2D eigenvalue weighted by Gasteiger charge is -2.07. The maximum atomic E-state index is 11.5. The van der Waals surface area contributed by atoms with Crippen LogP contribution in [0.5, 0.6) is 17.6 Å². The lowest BCUT2D eigenvalue weighted by Crippen LogP contribution is -2.28. The van der Waals surface area contributed by atoms with Gasteiger partial charge in [-0.25, -0.2) is 4.98 Å². The van der Waals surface area contributed by atoms with Crippen molar-refractivity contribution in [3.05, 3.63) is 77.4 Å². The highest BCUT2D eigenvalue weighted by atomic mass is 16.5. The number of nitrogens with zero attached hydrogens (tertiary/aromatic N) is 3. The molecule has 0 aliphatic heterocycles. The zero-order valence-corrected chi connectivity index (χ0v) is 12.5. The van der Waals surface area contributed by atoms with Crippen LogP contribution in [0.2, 0.25) is 0 Å². The summed E-state index contributed by atoms with van der Waals surface area (Å²) in [5.74, 6) is 0.770. The Labute approximate surface area is 133 Å². The third-order valence-electron chi connectivity index (χ3n) is 3.13. The molecule has 0 atom stereocenters. The predicted molar refractivity (Wildman–Crippen MR) is 83.0 cm³/mol. The molecule has 3 aromatic rings. The van der Waals surface area contributed by atoms with Crippen molar-refractivity contribution >= 4 is 0 Å². The molecule has 0 aliphatic rings. The van der Waals surface area contributed by atoms with E-state index in [1.54, 1.807) is 31.3 Å². The number of ether oxygens (including phenoxy) is 2. The second-order valence-electron chi connectivity index (χ2n) is 4.89. The number of benzene rings is 1. The van der Waals surface area contributed by atoms with Crippen LogP contribution in [0.15, 0.2) is 60.9 Å². The molecule has 23 heavy (non-hydrogen) atoms. The maximum absolute atomic E-state index is 11.5. The fraction of sp³-hybridized carbons (Fsp3) is 0.118. The summed E-state index contributed by atoms with van der Waals surface area (Å²) >= 11 is 0. The number of hydrogen-bond acceptors (Lipinski definition) is 5. The summed E-state index contributed by atoms with van der Waals surface area (Å²) in [6.45, 7) is 2.12. The highest BCUT2D eigenvalue weighted by Crippen LogP contribution is 2.18. The maximum Gasteiger partial charge on any atom is 0.325 e. The first-order chi connectivity index (χ1) is 11.2. The number of aromatic nitrogens is 3. The van der Waals surface area contributed by atoms with E-state index in [0.717, 1.165) is 10.3 Å². The minimum absolute atomic E-state index is 0.124. The van der Waals surface area contributed by atoms with Crippen molar-refractivity contribution < 1.29 is 14.2 Å². The van der Waals surface area contributed by atoms with Crippen LogP contribution in [0.25, 0.3) is 0 Å². The average Bonchev–Trinajstić information content (AvgIpc) is 2.58. The number of pyridine rings is 1. The van der Waals surface area contributed by atoms with Crippen LogP contribution < -0.4 is 14.2 Å². The topological polar surface area (TPSA) is 71.2 Å². The van der Waals surface area contributed by atoms with Crippen molar-refractivity contribution in [3.8, 4) is 17.6 Å². The Morgan fingerprint density at radius 3 is 2.70 bits per heavy atom. The van der Waals surface area contributed by atoms with Gasteiger partial charge in [-0.15, -0.1) is 0 Å². The first-order valence-electron chi connectivity index (χ1n) is 7.08. The monoisotopic (exact) mass is 309 g/mol. The largest absolute Gasteiger partial charge is 0.618 e. The van der Waals surface area contributed by atoms with E-state index in [9.17, 15) is 5.21 Å². The van der Waals surface area contributed by atoms with E-state index in [1.807, 2.05) is 30.3 Å². The summed E-state index contributed by atoms with van der Waals surface area (Å²) in [5, 5.41) is 11.5. The molecule has 0 amide bonds. The van der Waals surface area contributed by atoms with Gasteiger partial charge in [0.25, 0.3) is 0 Å². The minimum atomic E-state index is 0.124. The molecule has 116 valence electrons. The van der Waals surface area contributed by atoms with E-state index in [4.69, 9.17) is 9.47 Å². The van der Waals surface area contributed by atoms with Crippen LogP contribution >= 0.6 is 0 Å². The van der Waals surface area contributed by atoms with Gasteiger partial charge in [0.2, 0.25) is 12.1 Å². The Morgan fingerprint density at radius 1 is 1.09 bits per heavy atom.